The van der Waals surface area contributed by atoms with Crippen molar-refractivity contribution < 1.29 is 28.6 Å². The van der Waals surface area contributed by atoms with Crippen LogP contribution in [0.5, 0.6) is 11.5 Å². The number of ether oxygens (including phenoxy) is 2. The first-order chi connectivity index (χ1) is 15.4. The number of methoxy groups -OCH3 is 1. The highest BCUT2D eigenvalue weighted by Crippen LogP contribution is 2.30. The number of fused-ring (bicyclic) bond motifs is 1. The molecule has 9 heteroatoms. The van der Waals surface area contributed by atoms with E-state index in [-0.39, 0.29) is 6.42 Å². The van der Waals surface area contributed by atoms with Gasteiger partial charge in [0.05, 0.1) is 19.1 Å². The summed E-state index contributed by atoms with van der Waals surface area (Å²) in [4.78, 5) is 35.3. The zero-order valence-corrected chi connectivity index (χ0v) is 18.4. The van der Waals surface area contributed by atoms with Gasteiger partial charge in [-0.05, 0) is 53.8 Å². The lowest BCUT2D eigenvalue weighted by Crippen LogP contribution is -2.49. The molecule has 3 rings (SSSR count). The molecule has 3 aromatic rings. The smallest absolute Gasteiger partial charge is 0.336 e. The summed E-state index contributed by atoms with van der Waals surface area (Å²) in [5, 5.41) is 14.2. The van der Waals surface area contributed by atoms with Crippen LogP contribution in [-0.2, 0) is 9.59 Å². The van der Waals surface area contributed by atoms with Gasteiger partial charge < -0.3 is 29.1 Å². The molecule has 0 saturated carbocycles. The minimum absolute atomic E-state index is 0.254. The van der Waals surface area contributed by atoms with Crippen LogP contribution in [0.2, 0.25) is 0 Å². The first-order valence-electron chi connectivity index (χ1n) is 9.75. The number of carbonyl (C=O) groups is 2. The van der Waals surface area contributed by atoms with Crippen LogP contribution in [0.15, 0.2) is 57.7 Å². The van der Waals surface area contributed by atoms with Gasteiger partial charge in [-0.3, -0.25) is 4.79 Å². The largest absolute Gasteiger partial charge is 0.548 e. The molecule has 0 unspecified atom stereocenters. The third kappa shape index (κ3) is 5.82. The Morgan fingerprint density at radius 2 is 1.84 bits per heavy atom. The molecule has 0 bridgehead atoms. The number of nitrogens with one attached hydrogen (secondary N) is 1. The molecule has 1 amide bonds. The van der Waals surface area contributed by atoms with Crippen molar-refractivity contribution in [1.82, 2.24) is 5.32 Å². The van der Waals surface area contributed by atoms with Crippen molar-refractivity contribution in [3.63, 3.8) is 0 Å². The van der Waals surface area contributed by atoms with Crippen LogP contribution in [0.4, 0.5) is 0 Å². The number of aliphatic carboxylic acids is 1. The van der Waals surface area contributed by atoms with E-state index in [1.54, 1.807) is 31.4 Å². The Balaban J connectivity index is 1.76. The molecule has 0 radical (unpaired) electrons. The molecule has 0 spiro atoms. The lowest BCUT2D eigenvalue weighted by atomic mass is 10.0. The number of carboxylic acid groups (broad SMARTS) is 1. The van der Waals surface area contributed by atoms with Crippen molar-refractivity contribution in [2.45, 2.75) is 12.5 Å². The molecule has 8 nitrogen and oxygen atoms in total. The lowest BCUT2D eigenvalue weighted by Gasteiger charge is -2.19. The zero-order valence-electron chi connectivity index (χ0n) is 17.6. The third-order valence-corrected chi connectivity index (χ3v) is 5.36. The number of rotatable bonds is 10. The van der Waals surface area contributed by atoms with E-state index in [0.717, 1.165) is 5.56 Å². The van der Waals surface area contributed by atoms with E-state index in [0.29, 0.717) is 33.8 Å². The summed E-state index contributed by atoms with van der Waals surface area (Å²) >= 11 is 1.47. The van der Waals surface area contributed by atoms with E-state index in [2.05, 4.69) is 5.32 Å². The van der Waals surface area contributed by atoms with Crippen LogP contribution in [0.3, 0.4) is 0 Å². The van der Waals surface area contributed by atoms with E-state index in [1.807, 2.05) is 18.4 Å². The second-order valence-electron chi connectivity index (χ2n) is 6.87. The van der Waals surface area contributed by atoms with Gasteiger partial charge in [0.15, 0.2) is 6.61 Å². The average Bonchev–Trinajstić information content (AvgIpc) is 2.79. The van der Waals surface area contributed by atoms with Crippen molar-refractivity contribution in [2.75, 3.05) is 25.7 Å². The van der Waals surface area contributed by atoms with Crippen molar-refractivity contribution in [3.05, 3.63) is 59.0 Å². The van der Waals surface area contributed by atoms with Crippen LogP contribution < -0.4 is 25.5 Å². The Morgan fingerprint density at radius 3 is 2.50 bits per heavy atom. The topological polar surface area (TPSA) is 118 Å². The molecule has 0 fully saturated rings. The van der Waals surface area contributed by atoms with Crippen LogP contribution in [0, 0.1) is 0 Å². The van der Waals surface area contributed by atoms with Gasteiger partial charge in [-0.15, -0.1) is 0 Å². The van der Waals surface area contributed by atoms with Gasteiger partial charge in [0.2, 0.25) is 0 Å². The molecule has 1 atom stereocenters. The number of benzene rings is 2. The lowest BCUT2D eigenvalue weighted by molar-refractivity contribution is -0.308. The number of carboxylic acids is 1. The molecule has 1 aromatic heterocycles. The molecule has 0 aliphatic carbocycles. The summed E-state index contributed by atoms with van der Waals surface area (Å²) in [5.74, 6) is -0.360. The highest BCUT2D eigenvalue weighted by Gasteiger charge is 2.14. The first-order valence-corrected chi connectivity index (χ1v) is 11.1. The van der Waals surface area contributed by atoms with E-state index in [1.165, 1.54) is 23.9 Å². The Labute approximate surface area is 188 Å². The second kappa shape index (κ2) is 10.7. The van der Waals surface area contributed by atoms with Crippen LogP contribution in [0.25, 0.3) is 22.1 Å². The van der Waals surface area contributed by atoms with Gasteiger partial charge in [-0.25, -0.2) is 4.79 Å². The summed E-state index contributed by atoms with van der Waals surface area (Å²) in [6, 6.07) is 12.5. The molecule has 0 aliphatic heterocycles. The Kier molecular flexibility index (Phi) is 7.77. The summed E-state index contributed by atoms with van der Waals surface area (Å²) in [6.07, 6.45) is 2.10. The quantitative estimate of drug-likeness (QED) is 0.459. The number of thioether (sulfide) groups is 1. The maximum absolute atomic E-state index is 12.1. The predicted molar refractivity (Wildman–Crippen MR) is 120 cm³/mol. The van der Waals surface area contributed by atoms with E-state index in [9.17, 15) is 19.5 Å². The third-order valence-electron chi connectivity index (χ3n) is 4.72. The minimum atomic E-state index is -1.34. The molecule has 168 valence electrons. The average molecular weight is 456 g/mol. The maximum Gasteiger partial charge on any atom is 0.336 e. The fourth-order valence-corrected chi connectivity index (χ4v) is 3.58. The highest BCUT2D eigenvalue weighted by atomic mass is 32.2. The fourth-order valence-electron chi connectivity index (χ4n) is 3.11. The molecular weight excluding hydrogens is 434 g/mol. The standard InChI is InChI=1S/C23H23NO7S/c1-29-15-5-3-14(4-6-15)18-12-22(26)31-20-11-16(7-8-17(18)20)30-13-21(25)24-19(23(27)28)9-10-32-2/h3-8,11-12,19H,9-10,13H2,1-2H3,(H,24,25)(H,27,28)/p-1/t19-/m0/s1. The van der Waals surface area contributed by atoms with Gasteiger partial charge in [0.25, 0.3) is 5.91 Å². The molecular formula is C23H22NO7S-. The van der Waals surface area contributed by atoms with Gasteiger partial charge in [0.1, 0.15) is 17.1 Å². The van der Waals surface area contributed by atoms with Crippen molar-refractivity contribution in [3.8, 4) is 22.6 Å². The van der Waals surface area contributed by atoms with Crippen molar-refractivity contribution >= 4 is 34.6 Å². The number of hydrogen-bond donors (Lipinski definition) is 1. The van der Waals surface area contributed by atoms with E-state index < -0.39 is 30.2 Å². The zero-order chi connectivity index (χ0) is 23.1. The fraction of sp³-hybridized carbons (Fsp3) is 0.261. The van der Waals surface area contributed by atoms with Crippen LogP contribution in [0.1, 0.15) is 6.42 Å². The van der Waals surface area contributed by atoms with Crippen molar-refractivity contribution in [2.24, 2.45) is 0 Å². The van der Waals surface area contributed by atoms with Crippen molar-refractivity contribution in [1.29, 1.82) is 0 Å². The summed E-state index contributed by atoms with van der Waals surface area (Å²) in [6.45, 7) is -0.392. The van der Waals surface area contributed by atoms with Gasteiger partial charge in [-0.2, -0.15) is 11.8 Å². The minimum Gasteiger partial charge on any atom is -0.548 e. The molecule has 0 saturated heterocycles. The Morgan fingerprint density at radius 1 is 1.12 bits per heavy atom. The molecule has 2 aromatic carbocycles. The molecule has 1 heterocycles. The second-order valence-corrected chi connectivity index (χ2v) is 7.86. The monoisotopic (exact) mass is 456 g/mol. The number of hydrogen-bond acceptors (Lipinski definition) is 8. The predicted octanol–water partition coefficient (Wildman–Crippen LogP) is 1.84. The van der Waals surface area contributed by atoms with Crippen LogP contribution in [-0.4, -0.2) is 43.6 Å². The summed E-state index contributed by atoms with van der Waals surface area (Å²) < 4.78 is 15.9. The molecule has 32 heavy (non-hydrogen) atoms. The Hall–Kier alpha value is -3.46. The molecule has 1 N–H and O–H groups in total. The van der Waals surface area contributed by atoms with E-state index in [4.69, 9.17) is 13.9 Å². The summed E-state index contributed by atoms with van der Waals surface area (Å²) in [5.41, 5.74) is 1.28. The first kappa shape index (κ1) is 23.2. The van der Waals surface area contributed by atoms with Crippen LogP contribution >= 0.6 is 11.8 Å². The Bertz CT molecular complexity index is 1160. The number of carbonyl (C=O) groups excluding carboxylic acids is 2. The van der Waals surface area contributed by atoms with Gasteiger partial charge in [0, 0.05) is 17.5 Å². The molecule has 0 aliphatic rings. The summed E-state index contributed by atoms with van der Waals surface area (Å²) in [7, 11) is 1.58. The van der Waals surface area contributed by atoms with Gasteiger partial charge >= 0.3 is 5.63 Å². The van der Waals surface area contributed by atoms with Gasteiger partial charge in [-0.1, -0.05) is 12.1 Å². The maximum atomic E-state index is 12.1. The normalized spacial score (nSPS) is 11.7. The highest BCUT2D eigenvalue weighted by molar-refractivity contribution is 7.98. The van der Waals surface area contributed by atoms with E-state index >= 15 is 0 Å². The SMILES string of the molecule is COc1ccc(-c2cc(=O)oc3cc(OCC(=O)N[C@@H](CCSC)C(=O)[O-])ccc23)cc1. The number of amides is 1.